The predicted octanol–water partition coefficient (Wildman–Crippen LogP) is 2.42. The molecule has 0 bridgehead atoms. The molecule has 0 radical (unpaired) electrons. The molecule has 0 unspecified atom stereocenters. The van der Waals surface area contributed by atoms with Gasteiger partial charge in [-0.3, -0.25) is 4.57 Å². The number of nitrogens with zero attached hydrogens (tertiary/aromatic N) is 4. The van der Waals surface area contributed by atoms with Crippen molar-refractivity contribution in [2.75, 3.05) is 6.61 Å². The molecule has 1 atom stereocenters. The third kappa shape index (κ3) is 3.63. The Bertz CT molecular complexity index is 862. The number of aliphatic hydroxyl groups is 1. The lowest BCUT2D eigenvalue weighted by Gasteiger charge is -2.12. The number of fused-ring (bicyclic) bond motifs is 1. The lowest BCUT2D eigenvalue weighted by atomic mass is 10.2. The van der Waals surface area contributed by atoms with Gasteiger partial charge in [0.15, 0.2) is 12.0 Å². The summed E-state index contributed by atoms with van der Waals surface area (Å²) in [5.74, 6) is 0.235. The number of benzene rings is 1. The van der Waals surface area contributed by atoms with E-state index in [4.69, 9.17) is 20.8 Å². The largest absolute Gasteiger partial charge is 0.491 e. The van der Waals surface area contributed by atoms with Gasteiger partial charge in [-0.15, -0.1) is 0 Å². The lowest BCUT2D eigenvalue weighted by Crippen LogP contribution is -2.19. The van der Waals surface area contributed by atoms with Gasteiger partial charge in [0.05, 0.1) is 6.10 Å². The monoisotopic (exact) mass is 352 g/mol. The molecule has 0 aliphatic heterocycles. The number of hydrogen-bond donors (Lipinski definition) is 1. The van der Waals surface area contributed by atoms with Crippen LogP contribution in [0.15, 0.2) is 35.2 Å². The fraction of sp³-hybridized carbons (Fsp3) is 0.286. The number of imidazole rings is 1. The van der Waals surface area contributed by atoms with Crippen molar-refractivity contribution in [1.82, 2.24) is 14.5 Å². The summed E-state index contributed by atoms with van der Waals surface area (Å²) in [4.78, 5) is 17.6. The van der Waals surface area contributed by atoms with Gasteiger partial charge in [0.1, 0.15) is 24.1 Å². The summed E-state index contributed by atoms with van der Waals surface area (Å²) in [7, 11) is 0. The molecule has 9 nitrogen and oxygen atoms in total. The Morgan fingerprint density at radius 3 is 3.08 bits per heavy atom. The van der Waals surface area contributed by atoms with Gasteiger partial charge >= 0.3 is 11.1 Å². The molecule has 126 valence electrons. The van der Waals surface area contributed by atoms with Gasteiger partial charge < -0.3 is 24.4 Å². The number of ether oxygens (including phenoxy) is 1. The number of nitro groups is 1. The third-order valence-corrected chi connectivity index (χ3v) is 3.65. The van der Waals surface area contributed by atoms with Crippen molar-refractivity contribution in [2.45, 2.75) is 19.1 Å². The summed E-state index contributed by atoms with van der Waals surface area (Å²) in [5, 5.41) is 20.6. The van der Waals surface area contributed by atoms with Crippen LogP contribution in [-0.2, 0) is 6.54 Å². The Morgan fingerprint density at radius 2 is 2.33 bits per heavy atom. The number of rotatable bonds is 7. The number of oxazole rings is 1. The summed E-state index contributed by atoms with van der Waals surface area (Å²) in [6, 6.07) is 5.16. The topological polar surface area (TPSA) is 116 Å². The smallest absolute Gasteiger partial charge is 0.383 e. The molecule has 1 N–H and O–H groups in total. The molecule has 1 aromatic carbocycles. The van der Waals surface area contributed by atoms with E-state index in [0.29, 0.717) is 23.3 Å². The molecule has 2 heterocycles. The fourth-order valence-electron chi connectivity index (χ4n) is 2.12. The Kier molecular flexibility index (Phi) is 4.63. The second-order valence-corrected chi connectivity index (χ2v) is 5.39. The van der Waals surface area contributed by atoms with Crippen LogP contribution >= 0.6 is 11.6 Å². The van der Waals surface area contributed by atoms with Gasteiger partial charge in [-0.2, -0.15) is 0 Å². The van der Waals surface area contributed by atoms with E-state index in [-0.39, 0.29) is 24.3 Å². The van der Waals surface area contributed by atoms with Crippen LogP contribution in [0.2, 0.25) is 5.28 Å². The summed E-state index contributed by atoms with van der Waals surface area (Å²) < 4.78 is 12.0. The zero-order chi connectivity index (χ0) is 17.1. The molecule has 3 rings (SSSR count). The Balaban J connectivity index is 1.52. The predicted molar refractivity (Wildman–Crippen MR) is 84.0 cm³/mol. The Hall–Kier alpha value is -2.65. The molecular formula is C14H13ClN4O5. The lowest BCUT2D eigenvalue weighted by molar-refractivity contribution is -0.389. The molecule has 10 heteroatoms. The SMILES string of the molecule is O=[N+]([O-])c1cn(CC[C@@H](O)COc2ccc3ocnc3c2)c(Cl)n1. The van der Waals surface area contributed by atoms with E-state index in [9.17, 15) is 15.2 Å². The minimum atomic E-state index is -0.768. The molecule has 24 heavy (non-hydrogen) atoms. The number of aromatic nitrogens is 3. The van der Waals surface area contributed by atoms with Gasteiger partial charge in [0, 0.05) is 12.6 Å². The van der Waals surface area contributed by atoms with Gasteiger partial charge in [0.2, 0.25) is 0 Å². The molecule has 0 spiro atoms. The van der Waals surface area contributed by atoms with Crippen molar-refractivity contribution in [3.8, 4) is 5.75 Å². The molecule has 0 aliphatic carbocycles. The quantitative estimate of drug-likeness (QED) is 0.512. The van der Waals surface area contributed by atoms with E-state index < -0.39 is 11.0 Å². The van der Waals surface area contributed by atoms with Crippen LogP contribution in [0.3, 0.4) is 0 Å². The van der Waals surface area contributed by atoms with E-state index in [1.807, 2.05) is 0 Å². The average molecular weight is 353 g/mol. The molecular weight excluding hydrogens is 340 g/mol. The van der Waals surface area contributed by atoms with Crippen LogP contribution in [0.4, 0.5) is 5.82 Å². The molecule has 0 aliphatic rings. The number of hydrogen-bond acceptors (Lipinski definition) is 7. The maximum Gasteiger partial charge on any atom is 0.383 e. The Labute approximate surface area is 140 Å². The van der Waals surface area contributed by atoms with Crippen molar-refractivity contribution < 1.29 is 19.2 Å². The van der Waals surface area contributed by atoms with E-state index in [2.05, 4.69) is 9.97 Å². The summed E-state index contributed by atoms with van der Waals surface area (Å²) in [5.41, 5.74) is 1.32. The van der Waals surface area contributed by atoms with E-state index in [0.717, 1.165) is 0 Å². The maximum absolute atomic E-state index is 10.6. The third-order valence-electron chi connectivity index (χ3n) is 3.35. The normalized spacial score (nSPS) is 12.4. The van der Waals surface area contributed by atoms with Crippen molar-refractivity contribution in [2.24, 2.45) is 0 Å². The minimum Gasteiger partial charge on any atom is -0.491 e. The van der Waals surface area contributed by atoms with Crippen LogP contribution < -0.4 is 4.74 Å². The first-order valence-electron chi connectivity index (χ1n) is 7.04. The van der Waals surface area contributed by atoms with Crippen molar-refractivity contribution in [1.29, 1.82) is 0 Å². The van der Waals surface area contributed by atoms with Crippen LogP contribution in [-0.4, -0.2) is 37.3 Å². The summed E-state index contributed by atoms with van der Waals surface area (Å²) >= 11 is 5.81. The molecule has 0 amide bonds. The standard InChI is InChI=1S/C14H13ClN4O5/c15-14-17-13(19(21)22)6-18(14)4-3-9(20)7-23-10-1-2-12-11(5-10)16-8-24-12/h1-2,5-6,8-9,20H,3-4,7H2/t9-/m1/s1. The van der Waals surface area contributed by atoms with Gasteiger partial charge in [-0.1, -0.05) is 0 Å². The van der Waals surface area contributed by atoms with Gasteiger partial charge in [0.25, 0.3) is 0 Å². The first kappa shape index (κ1) is 16.2. The highest BCUT2D eigenvalue weighted by atomic mass is 35.5. The second-order valence-electron chi connectivity index (χ2n) is 5.05. The average Bonchev–Trinajstić information content (AvgIpc) is 3.16. The number of aryl methyl sites for hydroxylation is 1. The number of aliphatic hydroxyl groups excluding tert-OH is 1. The summed E-state index contributed by atoms with van der Waals surface area (Å²) in [6.07, 6.45) is 2.11. The highest BCUT2D eigenvalue weighted by Gasteiger charge is 2.17. The highest BCUT2D eigenvalue weighted by molar-refractivity contribution is 6.28. The number of halogens is 1. The molecule has 0 saturated heterocycles. The van der Waals surface area contributed by atoms with E-state index in [1.54, 1.807) is 18.2 Å². The van der Waals surface area contributed by atoms with E-state index in [1.165, 1.54) is 17.2 Å². The van der Waals surface area contributed by atoms with Gasteiger partial charge in [-0.25, -0.2) is 4.98 Å². The minimum absolute atomic E-state index is 0.00584. The fourth-order valence-corrected chi connectivity index (χ4v) is 2.34. The first-order chi connectivity index (χ1) is 11.5. The Morgan fingerprint density at radius 1 is 1.50 bits per heavy atom. The van der Waals surface area contributed by atoms with Crippen LogP contribution in [0, 0.1) is 10.1 Å². The van der Waals surface area contributed by atoms with Gasteiger partial charge in [-0.05, 0) is 40.1 Å². The van der Waals surface area contributed by atoms with E-state index >= 15 is 0 Å². The molecule has 3 aromatic rings. The van der Waals surface area contributed by atoms with Crippen molar-refractivity contribution in [3.05, 3.63) is 46.2 Å². The van der Waals surface area contributed by atoms with Crippen LogP contribution in [0.5, 0.6) is 5.75 Å². The summed E-state index contributed by atoms with van der Waals surface area (Å²) in [6.45, 7) is 0.351. The van der Waals surface area contributed by atoms with Crippen molar-refractivity contribution >= 4 is 28.5 Å². The zero-order valence-corrected chi connectivity index (χ0v) is 13.1. The molecule has 0 fully saturated rings. The maximum atomic E-state index is 10.6. The first-order valence-corrected chi connectivity index (χ1v) is 7.42. The van der Waals surface area contributed by atoms with Crippen LogP contribution in [0.1, 0.15) is 6.42 Å². The zero-order valence-electron chi connectivity index (χ0n) is 12.3. The molecule has 0 saturated carbocycles. The second kappa shape index (κ2) is 6.85. The highest BCUT2D eigenvalue weighted by Crippen LogP contribution is 2.20. The van der Waals surface area contributed by atoms with Crippen LogP contribution in [0.25, 0.3) is 11.1 Å². The molecule has 2 aromatic heterocycles. The van der Waals surface area contributed by atoms with Crippen molar-refractivity contribution in [3.63, 3.8) is 0 Å².